The number of carbonyl (C=O) groups excluding carboxylic acids is 1. The van der Waals surface area contributed by atoms with Crippen molar-refractivity contribution in [1.82, 2.24) is 15.6 Å². The highest BCUT2D eigenvalue weighted by Gasteiger charge is 2.53. The smallest absolute Gasteiger partial charge is 0.220 e. The number of hydrogen-bond donors (Lipinski definition) is 2. The molecule has 1 aromatic heterocycles. The predicted octanol–water partition coefficient (Wildman–Crippen LogP) is 0.348. The summed E-state index contributed by atoms with van der Waals surface area (Å²) in [7, 11) is 0. The van der Waals surface area contributed by atoms with E-state index in [1.165, 1.54) is 0 Å². The first-order valence-corrected chi connectivity index (χ1v) is 6.24. The van der Waals surface area contributed by atoms with Gasteiger partial charge in [-0.15, -0.1) is 0 Å². The number of carbonyl (C=O) groups is 1. The van der Waals surface area contributed by atoms with Gasteiger partial charge in [0.1, 0.15) is 0 Å². The number of pyridine rings is 1. The van der Waals surface area contributed by atoms with Gasteiger partial charge in [0.2, 0.25) is 5.91 Å². The average molecular weight is 231 g/mol. The van der Waals surface area contributed by atoms with Crippen LogP contribution in [-0.4, -0.2) is 30.0 Å². The minimum absolute atomic E-state index is 0.162. The molecule has 4 heteroatoms. The third kappa shape index (κ3) is 2.31. The van der Waals surface area contributed by atoms with Crippen LogP contribution in [0.3, 0.4) is 0 Å². The van der Waals surface area contributed by atoms with E-state index in [0.717, 1.165) is 25.2 Å². The molecule has 2 fully saturated rings. The summed E-state index contributed by atoms with van der Waals surface area (Å²) in [5, 5.41) is 6.44. The normalized spacial score (nSPS) is 29.8. The van der Waals surface area contributed by atoms with Crippen LogP contribution in [0.5, 0.6) is 0 Å². The summed E-state index contributed by atoms with van der Waals surface area (Å²) in [5.74, 6) is 1.54. The molecule has 2 atom stereocenters. The van der Waals surface area contributed by atoms with Gasteiger partial charge in [-0.05, 0) is 30.4 Å². The number of amides is 1. The number of piperidine rings is 1. The highest BCUT2D eigenvalue weighted by Crippen LogP contribution is 2.41. The van der Waals surface area contributed by atoms with E-state index >= 15 is 0 Å². The standard InChI is InChI=1S/C13H17N3O/c17-12(5-4-9-3-1-2-6-15-9)16-13-10-7-14-8-11(10)13/h1-3,6,10-11,13-14H,4-5,7-8H2,(H,16,17). The molecule has 17 heavy (non-hydrogen) atoms. The zero-order valence-corrected chi connectivity index (χ0v) is 9.73. The summed E-state index contributed by atoms with van der Waals surface area (Å²) < 4.78 is 0. The molecule has 1 saturated heterocycles. The molecule has 0 radical (unpaired) electrons. The first-order chi connectivity index (χ1) is 8.34. The Morgan fingerprint density at radius 3 is 2.94 bits per heavy atom. The zero-order valence-electron chi connectivity index (χ0n) is 9.73. The number of rotatable bonds is 4. The SMILES string of the molecule is O=C(CCc1ccccn1)NC1C2CNCC21. The van der Waals surface area contributed by atoms with Crippen molar-refractivity contribution in [3.63, 3.8) is 0 Å². The lowest BCUT2D eigenvalue weighted by atomic mass is 10.2. The van der Waals surface area contributed by atoms with Gasteiger partial charge in [0, 0.05) is 37.4 Å². The second kappa shape index (κ2) is 4.45. The van der Waals surface area contributed by atoms with Crippen LogP contribution in [0.2, 0.25) is 0 Å². The highest BCUT2D eigenvalue weighted by molar-refractivity contribution is 5.77. The van der Waals surface area contributed by atoms with E-state index in [-0.39, 0.29) is 5.91 Å². The van der Waals surface area contributed by atoms with Crippen molar-refractivity contribution in [1.29, 1.82) is 0 Å². The van der Waals surface area contributed by atoms with E-state index in [2.05, 4.69) is 15.6 Å². The quantitative estimate of drug-likeness (QED) is 0.786. The van der Waals surface area contributed by atoms with Crippen molar-refractivity contribution in [2.24, 2.45) is 11.8 Å². The van der Waals surface area contributed by atoms with E-state index in [1.807, 2.05) is 18.2 Å². The Morgan fingerprint density at radius 1 is 1.41 bits per heavy atom. The minimum atomic E-state index is 0.162. The first kappa shape index (κ1) is 10.7. The zero-order chi connectivity index (χ0) is 11.7. The van der Waals surface area contributed by atoms with Crippen LogP contribution < -0.4 is 10.6 Å². The van der Waals surface area contributed by atoms with Crippen molar-refractivity contribution < 1.29 is 4.79 Å². The molecule has 90 valence electrons. The molecular formula is C13H17N3O. The Kier molecular flexibility index (Phi) is 2.81. The molecule has 2 N–H and O–H groups in total. The lowest BCUT2D eigenvalue weighted by Gasteiger charge is -2.07. The third-order valence-electron chi connectivity index (χ3n) is 3.75. The fraction of sp³-hybridized carbons (Fsp3) is 0.538. The van der Waals surface area contributed by atoms with Crippen molar-refractivity contribution in [3.05, 3.63) is 30.1 Å². The summed E-state index contributed by atoms with van der Waals surface area (Å²) in [4.78, 5) is 16.0. The van der Waals surface area contributed by atoms with Gasteiger partial charge in [0.25, 0.3) is 0 Å². The number of nitrogens with zero attached hydrogens (tertiary/aromatic N) is 1. The molecule has 0 spiro atoms. The molecule has 0 bridgehead atoms. The summed E-state index contributed by atoms with van der Waals surface area (Å²) in [6.45, 7) is 2.13. The Labute approximate surface area is 101 Å². The number of hydrogen-bond acceptors (Lipinski definition) is 3. The van der Waals surface area contributed by atoms with Gasteiger partial charge in [-0.3, -0.25) is 9.78 Å². The Bertz CT molecular complexity index is 396. The molecule has 1 saturated carbocycles. The van der Waals surface area contributed by atoms with E-state index in [1.54, 1.807) is 6.20 Å². The number of fused-ring (bicyclic) bond motifs is 1. The molecule has 4 nitrogen and oxygen atoms in total. The monoisotopic (exact) mass is 231 g/mol. The number of nitrogens with one attached hydrogen (secondary N) is 2. The maximum atomic E-state index is 11.7. The maximum Gasteiger partial charge on any atom is 0.220 e. The second-order valence-electron chi connectivity index (χ2n) is 4.90. The van der Waals surface area contributed by atoms with E-state index in [9.17, 15) is 4.79 Å². The largest absolute Gasteiger partial charge is 0.353 e. The molecule has 0 aromatic carbocycles. The van der Waals surface area contributed by atoms with Crippen molar-refractivity contribution >= 4 is 5.91 Å². The van der Waals surface area contributed by atoms with Gasteiger partial charge < -0.3 is 10.6 Å². The van der Waals surface area contributed by atoms with Gasteiger partial charge >= 0.3 is 0 Å². The third-order valence-corrected chi connectivity index (χ3v) is 3.75. The van der Waals surface area contributed by atoms with Crippen LogP contribution in [0, 0.1) is 11.8 Å². The summed E-state index contributed by atoms with van der Waals surface area (Å²) >= 11 is 0. The fourth-order valence-corrected chi connectivity index (χ4v) is 2.68. The van der Waals surface area contributed by atoms with Gasteiger partial charge in [-0.25, -0.2) is 0 Å². The average Bonchev–Trinajstić information content (AvgIpc) is 2.79. The summed E-state index contributed by atoms with van der Waals surface area (Å²) in [5.41, 5.74) is 0.986. The first-order valence-electron chi connectivity index (χ1n) is 6.24. The lowest BCUT2D eigenvalue weighted by Crippen LogP contribution is -2.32. The second-order valence-corrected chi connectivity index (χ2v) is 4.90. The molecule has 1 amide bonds. The molecule has 1 aliphatic carbocycles. The van der Waals surface area contributed by atoms with Crippen molar-refractivity contribution in [2.75, 3.05) is 13.1 Å². The topological polar surface area (TPSA) is 54.0 Å². The number of aryl methyl sites for hydroxylation is 1. The van der Waals surface area contributed by atoms with Crippen LogP contribution in [-0.2, 0) is 11.2 Å². The van der Waals surface area contributed by atoms with Crippen LogP contribution >= 0.6 is 0 Å². The molecular weight excluding hydrogens is 214 g/mol. The molecule has 1 aliphatic heterocycles. The highest BCUT2D eigenvalue weighted by atomic mass is 16.1. The molecule has 2 unspecified atom stereocenters. The van der Waals surface area contributed by atoms with Gasteiger partial charge in [0.05, 0.1) is 0 Å². The summed E-state index contributed by atoms with van der Waals surface area (Å²) in [6, 6.07) is 6.25. The fourth-order valence-electron chi connectivity index (χ4n) is 2.68. The van der Waals surface area contributed by atoms with Crippen LogP contribution in [0.4, 0.5) is 0 Å². The van der Waals surface area contributed by atoms with Crippen molar-refractivity contribution in [3.8, 4) is 0 Å². The molecule has 1 aromatic rings. The van der Waals surface area contributed by atoms with Gasteiger partial charge in [-0.1, -0.05) is 6.07 Å². The van der Waals surface area contributed by atoms with Gasteiger partial charge in [0.15, 0.2) is 0 Å². The van der Waals surface area contributed by atoms with E-state index < -0.39 is 0 Å². The lowest BCUT2D eigenvalue weighted by molar-refractivity contribution is -0.121. The molecule has 2 heterocycles. The van der Waals surface area contributed by atoms with Crippen LogP contribution in [0.15, 0.2) is 24.4 Å². The van der Waals surface area contributed by atoms with E-state index in [4.69, 9.17) is 0 Å². The maximum absolute atomic E-state index is 11.7. The molecule has 3 rings (SSSR count). The Hall–Kier alpha value is -1.42. The number of aromatic nitrogens is 1. The predicted molar refractivity (Wildman–Crippen MR) is 64.3 cm³/mol. The Balaban J connectivity index is 1.42. The van der Waals surface area contributed by atoms with E-state index in [0.29, 0.717) is 24.3 Å². The van der Waals surface area contributed by atoms with Crippen molar-refractivity contribution in [2.45, 2.75) is 18.9 Å². The van der Waals surface area contributed by atoms with Crippen LogP contribution in [0.25, 0.3) is 0 Å². The Morgan fingerprint density at radius 2 is 2.24 bits per heavy atom. The molecule has 2 aliphatic rings. The van der Waals surface area contributed by atoms with Crippen LogP contribution in [0.1, 0.15) is 12.1 Å². The van der Waals surface area contributed by atoms with Gasteiger partial charge in [-0.2, -0.15) is 0 Å². The summed E-state index contributed by atoms with van der Waals surface area (Å²) in [6.07, 6.45) is 3.04. The minimum Gasteiger partial charge on any atom is -0.353 e.